The van der Waals surface area contributed by atoms with Crippen LogP contribution in [0.15, 0.2) is 18.2 Å². The van der Waals surface area contributed by atoms with E-state index >= 15 is 0 Å². The van der Waals surface area contributed by atoms with Crippen LogP contribution in [0.25, 0.3) is 0 Å². The molecule has 1 aliphatic heterocycles. The number of nitrogens with one attached hydrogen (secondary N) is 2. The molecule has 1 fully saturated rings. The minimum atomic E-state index is -0.363. The molecule has 2 aromatic rings. The zero-order chi connectivity index (χ0) is 22.4. The molecule has 4 rings (SSSR count). The third-order valence-corrected chi connectivity index (χ3v) is 8.74. The first-order chi connectivity index (χ1) is 14.9. The number of ether oxygens (including phenoxy) is 1. The molecule has 1 aliphatic carbocycles. The average Bonchev–Trinajstić information content (AvgIpc) is 3.44. The van der Waals surface area contributed by atoms with E-state index in [-0.39, 0.29) is 53.0 Å². The first kappa shape index (κ1) is 27.0. The maximum absolute atomic E-state index is 14.7. The molecule has 0 saturated heterocycles. The van der Waals surface area contributed by atoms with E-state index in [0.717, 1.165) is 49.3 Å². The molecule has 2 aliphatic rings. The van der Waals surface area contributed by atoms with Gasteiger partial charge in [0.25, 0.3) is 0 Å². The van der Waals surface area contributed by atoms with Crippen molar-refractivity contribution in [2.45, 2.75) is 82.6 Å². The molecular formula is C24H35FN3O2SSb-. The molecule has 1 aromatic carbocycles. The number of hydrogen-bond acceptors (Lipinski definition) is 5. The van der Waals surface area contributed by atoms with E-state index in [1.807, 2.05) is 19.1 Å². The number of anilines is 2. The van der Waals surface area contributed by atoms with Crippen LogP contribution < -0.4 is 8.83 Å². The maximum atomic E-state index is 14.7. The van der Waals surface area contributed by atoms with E-state index in [2.05, 4.69) is 42.4 Å². The van der Waals surface area contributed by atoms with Gasteiger partial charge in [-0.25, -0.2) is 0 Å². The average molecular weight is 570 g/mol. The SMILES string of the molecule is CC(C)C.CCCC(=O)OC1CCC(c2cc(Nc3cc[c]4c(c3F)C[CH2][Sb]4)n[nH]2)C1.[SH-]. The van der Waals surface area contributed by atoms with Gasteiger partial charge in [-0.3, -0.25) is 4.79 Å². The minimum absolute atomic E-state index is 0. The number of benzene rings is 1. The molecule has 0 spiro atoms. The van der Waals surface area contributed by atoms with Crippen molar-refractivity contribution in [3.05, 3.63) is 35.3 Å². The van der Waals surface area contributed by atoms with Gasteiger partial charge in [0.15, 0.2) is 0 Å². The second-order valence-corrected chi connectivity index (χ2v) is 12.5. The molecule has 1 aromatic heterocycles. The summed E-state index contributed by atoms with van der Waals surface area (Å²) in [5.41, 5.74) is 2.42. The van der Waals surface area contributed by atoms with Crippen molar-refractivity contribution >= 4 is 56.1 Å². The van der Waals surface area contributed by atoms with Crippen LogP contribution in [0.4, 0.5) is 15.9 Å². The predicted octanol–water partition coefficient (Wildman–Crippen LogP) is 4.97. The summed E-state index contributed by atoms with van der Waals surface area (Å²) < 4.78 is 22.6. The quantitative estimate of drug-likeness (QED) is 0.222. The third-order valence-electron chi connectivity index (χ3n) is 5.30. The van der Waals surface area contributed by atoms with E-state index in [1.165, 1.54) is 7.88 Å². The second kappa shape index (κ2) is 12.9. The van der Waals surface area contributed by atoms with Gasteiger partial charge in [-0.05, 0) is 12.3 Å². The molecule has 0 amide bonds. The molecule has 8 heteroatoms. The van der Waals surface area contributed by atoms with Crippen molar-refractivity contribution in [3.63, 3.8) is 0 Å². The van der Waals surface area contributed by atoms with Gasteiger partial charge in [-0.1, -0.05) is 27.7 Å². The van der Waals surface area contributed by atoms with E-state index in [4.69, 9.17) is 4.74 Å². The number of rotatable bonds is 6. The van der Waals surface area contributed by atoms with E-state index in [0.29, 0.717) is 23.8 Å². The number of aromatic nitrogens is 2. The zero-order valence-electron chi connectivity index (χ0n) is 19.4. The predicted molar refractivity (Wildman–Crippen MR) is 133 cm³/mol. The van der Waals surface area contributed by atoms with Crippen LogP contribution in [0.3, 0.4) is 0 Å². The second-order valence-electron chi connectivity index (χ2n) is 8.99. The van der Waals surface area contributed by atoms with Crippen LogP contribution in [0, 0.1) is 11.7 Å². The largest absolute Gasteiger partial charge is 0.813 e. The van der Waals surface area contributed by atoms with Gasteiger partial charge in [0.05, 0.1) is 0 Å². The molecule has 177 valence electrons. The number of carbonyl (C=O) groups excluding carboxylic acids is 1. The summed E-state index contributed by atoms with van der Waals surface area (Å²) in [7, 11) is 0. The number of thiol groups is 1. The summed E-state index contributed by atoms with van der Waals surface area (Å²) in [5.74, 6) is 1.54. The number of nitrogens with zero attached hydrogens (tertiary/aromatic N) is 1. The number of esters is 1. The molecular weight excluding hydrogens is 535 g/mol. The smallest absolute Gasteiger partial charge is 0.813 e. The third kappa shape index (κ3) is 7.41. The Morgan fingerprint density at radius 1 is 1.34 bits per heavy atom. The minimum Gasteiger partial charge on any atom is -0.813 e. The Hall–Kier alpha value is -1.20. The number of carbonyl (C=O) groups is 1. The van der Waals surface area contributed by atoms with Crippen molar-refractivity contribution in [1.29, 1.82) is 0 Å². The molecule has 2 N–H and O–H groups in total. The van der Waals surface area contributed by atoms with E-state index in [9.17, 15) is 9.18 Å². The maximum Gasteiger partial charge on any atom is -0.813 e. The first-order valence-corrected chi connectivity index (χ1v) is 14.5. The summed E-state index contributed by atoms with van der Waals surface area (Å²) in [4.78, 5) is 11.7. The fourth-order valence-corrected chi connectivity index (χ4v) is 7.21. The van der Waals surface area contributed by atoms with Gasteiger partial charge >= 0.3 is 145 Å². The Morgan fingerprint density at radius 2 is 2.09 bits per heavy atom. The molecule has 32 heavy (non-hydrogen) atoms. The van der Waals surface area contributed by atoms with E-state index < -0.39 is 0 Å². The summed E-state index contributed by atoms with van der Waals surface area (Å²) in [6, 6.07) is 5.86. The number of fused-ring (bicyclic) bond motifs is 1. The van der Waals surface area contributed by atoms with Gasteiger partial charge < -0.3 is 13.5 Å². The number of aromatic amines is 1. The van der Waals surface area contributed by atoms with Crippen LogP contribution >= 0.6 is 0 Å². The van der Waals surface area contributed by atoms with Gasteiger partial charge in [-0.2, -0.15) is 0 Å². The normalized spacial score (nSPS) is 19.1. The summed E-state index contributed by atoms with van der Waals surface area (Å²) in [5, 5.41) is 10.5. The van der Waals surface area contributed by atoms with Gasteiger partial charge in [0.2, 0.25) is 0 Å². The number of halogens is 1. The van der Waals surface area contributed by atoms with Crippen LogP contribution in [-0.4, -0.2) is 43.9 Å². The molecule has 1 radical (unpaired) electrons. The molecule has 2 unspecified atom stereocenters. The standard InChI is InChI=1S/C20H24FN3O2.C4H10.H2S.Sb/c1-3-6-19(25)26-15-10-9-14(11-15)17-12-18(24-23-17)22-16-8-5-7-13(4-2)20(16)21;1-4(2)3;;/h5,8,12,14-15H,2-4,6,9-11H2,1H3,(H2,22,23,24);4H,1-3H3;1H2;/p-1. The summed E-state index contributed by atoms with van der Waals surface area (Å²) in [6.45, 7) is 8.48. The zero-order valence-corrected chi connectivity index (χ0v) is 22.9. The monoisotopic (exact) mass is 569 g/mol. The number of hydrogen-bond donors (Lipinski definition) is 2. The molecule has 2 heterocycles. The van der Waals surface area contributed by atoms with Gasteiger partial charge in [0.1, 0.15) is 0 Å². The molecule has 2 atom stereocenters. The Kier molecular flexibility index (Phi) is 10.9. The van der Waals surface area contributed by atoms with Crippen LogP contribution in [0.5, 0.6) is 0 Å². The van der Waals surface area contributed by atoms with Crippen molar-refractivity contribution in [1.82, 2.24) is 10.2 Å². The molecule has 5 nitrogen and oxygen atoms in total. The van der Waals surface area contributed by atoms with Crippen molar-refractivity contribution in [2.75, 3.05) is 5.32 Å². The Bertz CT molecular complexity index is 887. The van der Waals surface area contributed by atoms with Crippen molar-refractivity contribution < 1.29 is 13.9 Å². The fraction of sp³-hybridized carbons (Fsp3) is 0.583. The first-order valence-electron chi connectivity index (χ1n) is 11.4. The summed E-state index contributed by atoms with van der Waals surface area (Å²) in [6.07, 6.45) is 4.82. The van der Waals surface area contributed by atoms with Crippen LogP contribution in [0.1, 0.15) is 77.0 Å². The molecule has 1 saturated carbocycles. The van der Waals surface area contributed by atoms with Crippen LogP contribution in [-0.2, 0) is 29.4 Å². The Balaban J connectivity index is 0.000000672. The van der Waals surface area contributed by atoms with Crippen molar-refractivity contribution in [3.8, 4) is 0 Å². The Labute approximate surface area is 208 Å². The van der Waals surface area contributed by atoms with Crippen molar-refractivity contribution in [2.24, 2.45) is 5.92 Å². The van der Waals surface area contributed by atoms with E-state index in [1.54, 1.807) is 0 Å². The van der Waals surface area contributed by atoms with Gasteiger partial charge in [-0.15, -0.1) is 0 Å². The molecule has 0 bridgehead atoms. The fourth-order valence-electron chi connectivity index (χ4n) is 3.91. The topological polar surface area (TPSA) is 67.0 Å². The van der Waals surface area contributed by atoms with Crippen LogP contribution in [0.2, 0.25) is 4.37 Å². The number of H-pyrrole nitrogens is 1. The summed E-state index contributed by atoms with van der Waals surface area (Å²) >= 11 is -0.363. The Morgan fingerprint density at radius 3 is 2.81 bits per heavy atom. The van der Waals surface area contributed by atoms with Gasteiger partial charge in [0, 0.05) is 6.42 Å².